The molecule has 2 aromatic carbocycles. The van der Waals surface area contributed by atoms with Crippen LogP contribution in [0.2, 0.25) is 0 Å². The molecule has 4 rings (SSSR count). The van der Waals surface area contributed by atoms with Gasteiger partial charge in [0.15, 0.2) is 0 Å². The van der Waals surface area contributed by atoms with Crippen molar-refractivity contribution in [2.75, 3.05) is 45.8 Å². The third-order valence-electron chi connectivity index (χ3n) is 9.35. The number of ether oxygens (including phenoxy) is 3. The van der Waals surface area contributed by atoms with Crippen LogP contribution in [0.25, 0.3) is 0 Å². The number of amides is 3. The molecule has 10 heteroatoms. The Hall–Kier alpha value is -3.34. The first kappa shape index (κ1) is 36.5. The first-order valence-corrected chi connectivity index (χ1v) is 17.4. The predicted octanol–water partition coefficient (Wildman–Crippen LogP) is 6.08. The summed E-state index contributed by atoms with van der Waals surface area (Å²) in [5, 5.41) is 16.3. The highest BCUT2D eigenvalue weighted by Gasteiger charge is 2.30. The first-order valence-electron chi connectivity index (χ1n) is 17.4. The topological polar surface area (TPSA) is 113 Å². The van der Waals surface area contributed by atoms with Gasteiger partial charge in [0.2, 0.25) is 0 Å². The van der Waals surface area contributed by atoms with Crippen LogP contribution in [0.3, 0.4) is 0 Å². The normalized spacial score (nSPS) is 22.5. The lowest BCUT2D eigenvalue weighted by Gasteiger charge is -2.36. The van der Waals surface area contributed by atoms with Crippen molar-refractivity contribution in [3.63, 3.8) is 0 Å². The van der Waals surface area contributed by atoms with Crippen LogP contribution in [-0.2, 0) is 11.3 Å². The maximum absolute atomic E-state index is 14.4. The summed E-state index contributed by atoms with van der Waals surface area (Å²) >= 11 is 0. The number of likely N-dealkylation sites (N-methyl/N-ethyl adjacent to an activating group) is 1. The fourth-order valence-corrected chi connectivity index (χ4v) is 6.48. The number of carbonyl (C=O) groups excluding carboxylic acids is 2. The van der Waals surface area contributed by atoms with Crippen LogP contribution in [0.15, 0.2) is 42.5 Å². The van der Waals surface area contributed by atoms with Crippen molar-refractivity contribution in [2.45, 2.75) is 103 Å². The number of hydrogen-bond acceptors (Lipinski definition) is 7. The summed E-state index contributed by atoms with van der Waals surface area (Å²) in [6.45, 7) is 8.22. The molecule has 260 valence electrons. The Kier molecular flexibility index (Phi) is 14.2. The number of hydrogen-bond donors (Lipinski definition) is 3. The Morgan fingerprint density at radius 1 is 1.06 bits per heavy atom. The van der Waals surface area contributed by atoms with Crippen molar-refractivity contribution >= 4 is 17.6 Å². The van der Waals surface area contributed by atoms with Crippen LogP contribution in [0, 0.1) is 5.92 Å². The van der Waals surface area contributed by atoms with Crippen molar-refractivity contribution in [3.05, 3.63) is 53.6 Å². The highest BCUT2D eigenvalue weighted by atomic mass is 16.5. The quantitative estimate of drug-likeness (QED) is 0.301. The molecule has 0 saturated heterocycles. The van der Waals surface area contributed by atoms with Crippen LogP contribution in [0.4, 0.5) is 10.5 Å². The first-order chi connectivity index (χ1) is 22.7. The summed E-state index contributed by atoms with van der Waals surface area (Å²) in [7, 11) is 3.75. The van der Waals surface area contributed by atoms with Crippen molar-refractivity contribution in [2.24, 2.45) is 5.92 Å². The molecule has 1 heterocycles. The van der Waals surface area contributed by atoms with Gasteiger partial charge in [0.1, 0.15) is 11.5 Å². The zero-order chi connectivity index (χ0) is 33.8. The number of aliphatic hydroxyl groups excluding tert-OH is 1. The van der Waals surface area contributed by atoms with E-state index in [1.165, 1.54) is 12.0 Å². The third kappa shape index (κ3) is 11.1. The highest BCUT2D eigenvalue weighted by Crippen LogP contribution is 2.29. The largest absolute Gasteiger partial charge is 0.497 e. The second kappa shape index (κ2) is 18.3. The van der Waals surface area contributed by atoms with E-state index in [-0.39, 0.29) is 42.7 Å². The van der Waals surface area contributed by atoms with Gasteiger partial charge in [-0.2, -0.15) is 0 Å². The molecular formula is C37H56N4O6. The van der Waals surface area contributed by atoms with Crippen LogP contribution >= 0.6 is 0 Å². The van der Waals surface area contributed by atoms with E-state index in [1.54, 1.807) is 30.2 Å². The van der Waals surface area contributed by atoms with Gasteiger partial charge in [-0.1, -0.05) is 38.3 Å². The number of benzene rings is 2. The molecule has 0 aromatic heterocycles. The molecule has 3 N–H and O–H groups in total. The van der Waals surface area contributed by atoms with Crippen molar-refractivity contribution in [1.29, 1.82) is 0 Å². The van der Waals surface area contributed by atoms with Crippen LogP contribution < -0.4 is 20.1 Å². The summed E-state index contributed by atoms with van der Waals surface area (Å²) in [6.07, 6.45) is 7.81. The number of nitrogens with zero attached hydrogens (tertiary/aromatic N) is 2. The van der Waals surface area contributed by atoms with E-state index >= 15 is 0 Å². The van der Waals surface area contributed by atoms with Gasteiger partial charge in [-0.25, -0.2) is 4.79 Å². The third-order valence-corrected chi connectivity index (χ3v) is 9.35. The van der Waals surface area contributed by atoms with Crippen molar-refractivity contribution in [3.8, 4) is 11.5 Å². The molecule has 1 aliphatic carbocycles. The number of anilines is 1. The summed E-state index contributed by atoms with van der Waals surface area (Å²) in [4.78, 5) is 31.2. The number of fused-ring (bicyclic) bond motifs is 1. The van der Waals surface area contributed by atoms with E-state index in [0.29, 0.717) is 36.7 Å². The smallest absolute Gasteiger partial charge is 0.319 e. The number of aliphatic hydroxyl groups is 1. The van der Waals surface area contributed by atoms with E-state index in [4.69, 9.17) is 14.2 Å². The molecular weight excluding hydrogens is 596 g/mol. The Balaban J connectivity index is 1.55. The summed E-state index contributed by atoms with van der Waals surface area (Å²) in [5.74, 6) is 1.03. The average molecular weight is 653 g/mol. The molecule has 1 aliphatic heterocycles. The van der Waals surface area contributed by atoms with E-state index in [1.807, 2.05) is 26.0 Å². The van der Waals surface area contributed by atoms with Crippen LogP contribution in [0.5, 0.6) is 11.5 Å². The second-order valence-corrected chi connectivity index (χ2v) is 13.5. The minimum atomic E-state index is -0.438. The fourth-order valence-electron chi connectivity index (χ4n) is 6.48. The molecule has 0 spiro atoms. The zero-order valence-electron chi connectivity index (χ0n) is 29.0. The zero-order valence-corrected chi connectivity index (χ0v) is 29.0. The maximum atomic E-state index is 14.4. The van der Waals surface area contributed by atoms with Gasteiger partial charge in [0, 0.05) is 43.9 Å². The van der Waals surface area contributed by atoms with E-state index < -0.39 is 6.04 Å². The standard InChI is InChI=1S/C37H56N4O6/c1-26-22-41(27(2)25-42)36(43)33-21-31(39-37(44)38-30-12-7-6-8-13-30)16-19-34(33)47-28(3)11-9-10-20-46-35(26)24-40(4)23-29-14-17-32(45-5)18-15-29/h14-19,21,26-28,30,35,42H,6-13,20,22-25H2,1-5H3,(H2,38,39,44)/t26-,27-,28-,35-/m0/s1. The van der Waals surface area contributed by atoms with E-state index in [9.17, 15) is 14.7 Å². The van der Waals surface area contributed by atoms with Crippen LogP contribution in [-0.4, -0.2) is 91.6 Å². The highest BCUT2D eigenvalue weighted by molar-refractivity contribution is 5.99. The summed E-state index contributed by atoms with van der Waals surface area (Å²) in [6, 6.07) is 12.8. The number of nitrogens with one attached hydrogen (secondary N) is 2. The molecule has 0 unspecified atom stereocenters. The monoisotopic (exact) mass is 652 g/mol. The number of urea groups is 1. The molecule has 10 nitrogen and oxygen atoms in total. The van der Waals surface area contributed by atoms with Gasteiger partial charge >= 0.3 is 6.03 Å². The number of rotatable bonds is 9. The Morgan fingerprint density at radius 2 is 1.79 bits per heavy atom. The van der Waals surface area contributed by atoms with Gasteiger partial charge in [0.05, 0.1) is 37.5 Å². The Bertz CT molecular complexity index is 1270. The van der Waals surface area contributed by atoms with E-state index in [0.717, 1.165) is 57.2 Å². The predicted molar refractivity (Wildman–Crippen MR) is 185 cm³/mol. The number of methoxy groups -OCH3 is 1. The second-order valence-electron chi connectivity index (χ2n) is 13.5. The fraction of sp³-hybridized carbons (Fsp3) is 0.622. The molecule has 2 aliphatic rings. The lowest BCUT2D eigenvalue weighted by atomic mass is 9.96. The molecule has 3 amide bonds. The van der Waals surface area contributed by atoms with Gasteiger partial charge in [-0.15, -0.1) is 0 Å². The lowest BCUT2D eigenvalue weighted by molar-refractivity contribution is -0.0177. The Labute approximate surface area is 281 Å². The lowest BCUT2D eigenvalue weighted by Crippen LogP contribution is -2.47. The minimum absolute atomic E-state index is 0.0277. The van der Waals surface area contributed by atoms with Crippen molar-refractivity contribution in [1.82, 2.24) is 15.1 Å². The Morgan fingerprint density at radius 3 is 2.49 bits per heavy atom. The molecule has 1 fully saturated rings. The molecule has 47 heavy (non-hydrogen) atoms. The minimum Gasteiger partial charge on any atom is -0.497 e. The average Bonchev–Trinajstić information content (AvgIpc) is 3.06. The summed E-state index contributed by atoms with van der Waals surface area (Å²) < 4.78 is 18.2. The maximum Gasteiger partial charge on any atom is 0.319 e. The molecule has 1 saturated carbocycles. The van der Waals surface area contributed by atoms with Crippen molar-refractivity contribution < 1.29 is 28.9 Å². The number of carbonyl (C=O) groups is 2. The molecule has 4 atom stereocenters. The molecule has 2 aromatic rings. The van der Waals surface area contributed by atoms with Gasteiger partial charge < -0.3 is 34.9 Å². The molecule has 0 bridgehead atoms. The molecule has 0 radical (unpaired) electrons. The SMILES string of the molecule is COc1ccc(CN(C)C[C@@H]2OCCCC[C@H](C)Oc3ccc(NC(=O)NC4CCCCC4)cc3C(=O)N([C@@H](C)CO)C[C@@H]2C)cc1. The van der Waals surface area contributed by atoms with Gasteiger partial charge in [-0.3, -0.25) is 9.69 Å². The van der Waals surface area contributed by atoms with Gasteiger partial charge in [0.25, 0.3) is 5.91 Å². The van der Waals surface area contributed by atoms with Crippen LogP contribution in [0.1, 0.15) is 88.1 Å². The summed E-state index contributed by atoms with van der Waals surface area (Å²) in [5.41, 5.74) is 2.06. The van der Waals surface area contributed by atoms with Gasteiger partial charge in [-0.05, 0) is 88.9 Å². The van der Waals surface area contributed by atoms with E-state index in [2.05, 4.69) is 41.6 Å².